The highest BCUT2D eigenvalue weighted by Crippen LogP contribution is 2.25. The average molecular weight is 279 g/mol. The summed E-state index contributed by atoms with van der Waals surface area (Å²) in [5, 5.41) is 4.73. The lowest BCUT2D eigenvalue weighted by atomic mass is 10.2. The number of nitrogens with one attached hydrogen (secondary N) is 1. The van der Waals surface area contributed by atoms with Crippen LogP contribution in [0.3, 0.4) is 0 Å². The van der Waals surface area contributed by atoms with Gasteiger partial charge in [0.05, 0.1) is 0 Å². The van der Waals surface area contributed by atoms with Gasteiger partial charge in [-0.05, 0) is 39.2 Å². The Balaban J connectivity index is 1.98. The van der Waals surface area contributed by atoms with E-state index in [1.54, 1.807) is 11.3 Å². The zero-order valence-electron chi connectivity index (χ0n) is 12.3. The smallest absolute Gasteiger partial charge is 0.185 e. The van der Waals surface area contributed by atoms with Crippen molar-refractivity contribution >= 4 is 22.5 Å². The van der Waals surface area contributed by atoms with Crippen LogP contribution in [-0.4, -0.2) is 30.7 Å². The Bertz CT molecular complexity index is 417. The van der Waals surface area contributed by atoms with Crippen molar-refractivity contribution < 1.29 is 0 Å². The molecule has 0 aromatic carbocycles. The van der Waals surface area contributed by atoms with Gasteiger partial charge >= 0.3 is 0 Å². The lowest BCUT2D eigenvalue weighted by Crippen LogP contribution is -2.21. The molecule has 1 saturated carbocycles. The maximum atomic E-state index is 4.53. The van der Waals surface area contributed by atoms with Crippen molar-refractivity contribution in [2.45, 2.75) is 46.1 Å². The van der Waals surface area contributed by atoms with Gasteiger partial charge < -0.3 is 10.2 Å². The lowest BCUT2D eigenvalue weighted by Gasteiger charge is -2.16. The molecule has 19 heavy (non-hydrogen) atoms. The maximum absolute atomic E-state index is 4.53. The summed E-state index contributed by atoms with van der Waals surface area (Å²) < 4.78 is 0. The molecule has 1 heterocycles. The molecule has 1 aliphatic rings. The van der Waals surface area contributed by atoms with Crippen molar-refractivity contribution in [2.24, 2.45) is 0 Å². The van der Waals surface area contributed by atoms with Gasteiger partial charge in [0, 0.05) is 36.8 Å². The van der Waals surface area contributed by atoms with Crippen LogP contribution < -0.4 is 10.2 Å². The molecule has 3 nitrogen and oxygen atoms in total. The summed E-state index contributed by atoms with van der Waals surface area (Å²) in [7, 11) is 0. The minimum atomic E-state index is 0.780. The first-order chi connectivity index (χ1) is 9.26. The molecular formula is C15H25N3S. The van der Waals surface area contributed by atoms with E-state index in [-0.39, 0.29) is 0 Å². The van der Waals surface area contributed by atoms with Crippen molar-refractivity contribution in [2.75, 3.05) is 24.5 Å². The number of anilines is 1. The van der Waals surface area contributed by atoms with Gasteiger partial charge in [-0.2, -0.15) is 0 Å². The largest absolute Gasteiger partial charge is 0.349 e. The Labute approximate surface area is 120 Å². The van der Waals surface area contributed by atoms with Gasteiger partial charge in [-0.3, -0.25) is 0 Å². The summed E-state index contributed by atoms with van der Waals surface area (Å²) in [6.07, 6.45) is 8.12. The second kappa shape index (κ2) is 7.06. The molecule has 1 aliphatic carbocycles. The van der Waals surface area contributed by atoms with Gasteiger partial charge in [0.25, 0.3) is 0 Å². The van der Waals surface area contributed by atoms with Gasteiger partial charge in [-0.25, -0.2) is 4.98 Å². The third-order valence-corrected chi connectivity index (χ3v) is 4.55. The van der Waals surface area contributed by atoms with Crippen molar-refractivity contribution in [1.29, 1.82) is 0 Å². The van der Waals surface area contributed by atoms with Gasteiger partial charge in [-0.15, -0.1) is 0 Å². The normalized spacial score (nSPS) is 15.8. The molecule has 1 N–H and O–H groups in total. The van der Waals surface area contributed by atoms with Crippen molar-refractivity contribution in [1.82, 2.24) is 10.3 Å². The van der Waals surface area contributed by atoms with Gasteiger partial charge in [-0.1, -0.05) is 23.8 Å². The van der Waals surface area contributed by atoms with Crippen molar-refractivity contribution in [3.05, 3.63) is 16.6 Å². The quantitative estimate of drug-likeness (QED) is 0.789. The van der Waals surface area contributed by atoms with Crippen LogP contribution in [0.25, 0.3) is 6.08 Å². The predicted octanol–water partition coefficient (Wildman–Crippen LogP) is 3.53. The van der Waals surface area contributed by atoms with E-state index < -0.39 is 0 Å². The van der Waals surface area contributed by atoms with E-state index in [0.717, 1.165) is 37.2 Å². The van der Waals surface area contributed by atoms with E-state index in [1.165, 1.54) is 23.3 Å². The number of hydrogen-bond acceptors (Lipinski definition) is 4. The Morgan fingerprint density at radius 2 is 2.16 bits per heavy atom. The Morgan fingerprint density at radius 1 is 1.42 bits per heavy atom. The van der Waals surface area contributed by atoms with E-state index in [0.29, 0.717) is 0 Å². The third-order valence-electron chi connectivity index (χ3n) is 3.54. The molecule has 0 unspecified atom stereocenters. The summed E-state index contributed by atoms with van der Waals surface area (Å²) in [4.78, 5) is 8.11. The molecule has 0 amide bonds. The fourth-order valence-corrected chi connectivity index (χ4v) is 3.06. The first-order valence-electron chi connectivity index (χ1n) is 7.40. The summed E-state index contributed by atoms with van der Waals surface area (Å²) in [6.45, 7) is 9.66. The monoisotopic (exact) mass is 279 g/mol. The van der Waals surface area contributed by atoms with Crippen molar-refractivity contribution in [3.8, 4) is 0 Å². The van der Waals surface area contributed by atoms with E-state index in [2.05, 4.69) is 42.0 Å². The highest BCUT2D eigenvalue weighted by molar-refractivity contribution is 7.16. The maximum Gasteiger partial charge on any atom is 0.185 e. The number of nitrogens with zero attached hydrogens (tertiary/aromatic N) is 2. The molecule has 1 aromatic heterocycles. The van der Waals surface area contributed by atoms with E-state index in [1.807, 2.05) is 6.20 Å². The number of hydrogen-bond donors (Lipinski definition) is 1. The molecular weight excluding hydrogens is 254 g/mol. The molecule has 1 aromatic rings. The molecule has 0 spiro atoms. The predicted molar refractivity (Wildman–Crippen MR) is 85.0 cm³/mol. The molecule has 0 atom stereocenters. The van der Waals surface area contributed by atoms with Crippen molar-refractivity contribution in [3.63, 3.8) is 0 Å². The zero-order valence-corrected chi connectivity index (χ0v) is 13.1. The van der Waals surface area contributed by atoms with Gasteiger partial charge in [0.15, 0.2) is 5.13 Å². The number of rotatable bonds is 8. The van der Waals surface area contributed by atoms with E-state index in [9.17, 15) is 0 Å². The zero-order chi connectivity index (χ0) is 13.7. The second-order valence-corrected chi connectivity index (χ2v) is 6.07. The summed E-state index contributed by atoms with van der Waals surface area (Å²) in [6, 6.07) is 0.780. The third kappa shape index (κ3) is 4.32. The SMILES string of the molecule is CCC(=Cc1cnc(N(CC)CC)s1)CNC1CC1. The molecule has 0 aliphatic heterocycles. The van der Waals surface area contributed by atoms with Gasteiger partial charge in [0.2, 0.25) is 0 Å². The Hall–Kier alpha value is -0.870. The topological polar surface area (TPSA) is 28.2 Å². The molecule has 0 radical (unpaired) electrons. The summed E-state index contributed by atoms with van der Waals surface area (Å²) in [5.41, 5.74) is 1.47. The standard InChI is InChI=1S/C15H25N3S/c1-4-12(10-16-13-7-8-13)9-14-11-17-15(19-14)18(5-2)6-3/h9,11,13,16H,4-8,10H2,1-3H3. The molecule has 2 rings (SSSR count). The average Bonchev–Trinajstić information content (AvgIpc) is 3.15. The fourth-order valence-electron chi connectivity index (χ4n) is 2.03. The van der Waals surface area contributed by atoms with Crippen LogP contribution in [-0.2, 0) is 0 Å². The van der Waals surface area contributed by atoms with E-state index >= 15 is 0 Å². The van der Waals surface area contributed by atoms with Crippen LogP contribution in [0.1, 0.15) is 44.9 Å². The Morgan fingerprint density at radius 3 is 2.74 bits per heavy atom. The highest BCUT2D eigenvalue weighted by atomic mass is 32.1. The molecule has 4 heteroatoms. The lowest BCUT2D eigenvalue weighted by molar-refractivity contribution is 0.723. The molecule has 106 valence electrons. The minimum absolute atomic E-state index is 0.780. The molecule has 0 saturated heterocycles. The van der Waals surface area contributed by atoms with E-state index in [4.69, 9.17) is 0 Å². The van der Waals surface area contributed by atoms with Gasteiger partial charge in [0.1, 0.15) is 0 Å². The van der Waals surface area contributed by atoms with Crippen LogP contribution in [0.5, 0.6) is 0 Å². The molecule has 1 fully saturated rings. The second-order valence-electron chi connectivity index (χ2n) is 5.03. The van der Waals surface area contributed by atoms with Crippen LogP contribution in [0.2, 0.25) is 0 Å². The number of aromatic nitrogens is 1. The summed E-state index contributed by atoms with van der Waals surface area (Å²) in [5.74, 6) is 0. The van der Waals surface area contributed by atoms with Crippen LogP contribution in [0.4, 0.5) is 5.13 Å². The van der Waals surface area contributed by atoms with Crippen LogP contribution in [0, 0.1) is 0 Å². The first-order valence-corrected chi connectivity index (χ1v) is 8.22. The summed E-state index contributed by atoms with van der Waals surface area (Å²) >= 11 is 1.79. The molecule has 0 bridgehead atoms. The minimum Gasteiger partial charge on any atom is -0.349 e. The van der Waals surface area contributed by atoms with Crippen LogP contribution >= 0.6 is 11.3 Å². The highest BCUT2D eigenvalue weighted by Gasteiger charge is 2.20. The number of thiazole rings is 1. The van der Waals surface area contributed by atoms with Crippen LogP contribution in [0.15, 0.2) is 11.8 Å². The fraction of sp³-hybridized carbons (Fsp3) is 0.667. The first kappa shape index (κ1) is 14.5. The Kier molecular flexibility index (Phi) is 5.40.